The number of nitrogens with one attached hydrogen (secondary N) is 1. The summed E-state index contributed by atoms with van der Waals surface area (Å²) in [4.78, 5) is 13.2. The summed E-state index contributed by atoms with van der Waals surface area (Å²) in [5.74, 6) is 0.828. The molecule has 1 aliphatic rings. The maximum Gasteiger partial charge on any atom is 0.225 e. The average molecular weight is 265 g/mol. The summed E-state index contributed by atoms with van der Waals surface area (Å²) >= 11 is 0. The molecule has 0 amide bonds. The van der Waals surface area contributed by atoms with E-state index in [4.69, 9.17) is 5.11 Å². The number of rotatable bonds is 6. The number of aliphatic hydroxyl groups is 1. The van der Waals surface area contributed by atoms with Gasteiger partial charge in [-0.1, -0.05) is 0 Å². The Bertz CT molecular complexity index is 353. The molecular weight excluding hydrogens is 242 g/mol. The van der Waals surface area contributed by atoms with Gasteiger partial charge in [-0.15, -0.1) is 0 Å². The van der Waals surface area contributed by atoms with Gasteiger partial charge in [-0.05, 0) is 13.0 Å². The average Bonchev–Trinajstić information content (AvgIpc) is 2.48. The molecule has 6 heteroatoms. The van der Waals surface area contributed by atoms with E-state index < -0.39 is 0 Å². The first-order valence-electron chi connectivity index (χ1n) is 6.88. The molecule has 19 heavy (non-hydrogen) atoms. The molecule has 0 aliphatic carbocycles. The van der Waals surface area contributed by atoms with Crippen LogP contribution in [-0.2, 0) is 0 Å². The highest BCUT2D eigenvalue weighted by atomic mass is 16.3. The van der Waals surface area contributed by atoms with E-state index >= 15 is 0 Å². The largest absolute Gasteiger partial charge is 0.395 e. The molecule has 0 radical (unpaired) electrons. The zero-order valence-electron chi connectivity index (χ0n) is 11.5. The number of piperazine rings is 1. The summed E-state index contributed by atoms with van der Waals surface area (Å²) in [6.07, 6.45) is 3.57. The van der Waals surface area contributed by atoms with Crippen molar-refractivity contribution in [2.24, 2.45) is 0 Å². The Hall–Kier alpha value is -1.24. The van der Waals surface area contributed by atoms with Crippen LogP contribution in [-0.4, -0.2) is 71.9 Å². The molecule has 1 atom stereocenters. The van der Waals surface area contributed by atoms with Crippen molar-refractivity contribution in [3.05, 3.63) is 18.5 Å². The van der Waals surface area contributed by atoms with Crippen LogP contribution < -0.4 is 10.2 Å². The van der Waals surface area contributed by atoms with E-state index in [1.54, 1.807) is 12.4 Å². The number of nitrogens with zero attached hydrogens (tertiary/aromatic N) is 4. The summed E-state index contributed by atoms with van der Waals surface area (Å²) in [7, 11) is 0. The topological polar surface area (TPSA) is 64.5 Å². The van der Waals surface area contributed by atoms with Crippen LogP contribution in [0.4, 0.5) is 5.95 Å². The van der Waals surface area contributed by atoms with E-state index in [1.807, 2.05) is 13.0 Å². The van der Waals surface area contributed by atoms with Crippen LogP contribution in [0.1, 0.15) is 6.92 Å². The van der Waals surface area contributed by atoms with E-state index in [2.05, 4.69) is 25.1 Å². The molecule has 1 aromatic rings. The van der Waals surface area contributed by atoms with Crippen molar-refractivity contribution in [1.82, 2.24) is 20.2 Å². The second kappa shape index (κ2) is 7.37. The van der Waals surface area contributed by atoms with Crippen LogP contribution in [0.15, 0.2) is 18.5 Å². The highest BCUT2D eigenvalue weighted by molar-refractivity contribution is 5.29. The van der Waals surface area contributed by atoms with Crippen LogP contribution >= 0.6 is 0 Å². The maximum absolute atomic E-state index is 8.94. The van der Waals surface area contributed by atoms with Gasteiger partial charge in [0, 0.05) is 57.7 Å². The molecule has 2 rings (SSSR count). The molecule has 0 bridgehead atoms. The lowest BCUT2D eigenvalue weighted by Gasteiger charge is -2.34. The third-order valence-corrected chi connectivity index (χ3v) is 3.40. The SMILES string of the molecule is CC(CO)NCCN1CCN(c2ncccn2)CC1. The van der Waals surface area contributed by atoms with Crippen molar-refractivity contribution < 1.29 is 5.11 Å². The first-order chi connectivity index (χ1) is 9.29. The molecule has 0 spiro atoms. The van der Waals surface area contributed by atoms with Gasteiger partial charge in [0.2, 0.25) is 5.95 Å². The van der Waals surface area contributed by atoms with Gasteiger partial charge in [-0.3, -0.25) is 4.90 Å². The standard InChI is InChI=1S/C13H23N5O/c1-12(11-19)14-5-6-17-7-9-18(10-8-17)13-15-3-2-4-16-13/h2-4,12,14,19H,5-11H2,1H3. The molecule has 2 heterocycles. The van der Waals surface area contributed by atoms with Crippen LogP contribution in [0.5, 0.6) is 0 Å². The first-order valence-corrected chi connectivity index (χ1v) is 6.88. The third kappa shape index (κ3) is 4.41. The lowest BCUT2D eigenvalue weighted by molar-refractivity contribution is 0.228. The van der Waals surface area contributed by atoms with Crippen molar-refractivity contribution in [2.45, 2.75) is 13.0 Å². The second-order valence-electron chi connectivity index (χ2n) is 4.92. The van der Waals surface area contributed by atoms with Crippen LogP contribution in [0, 0.1) is 0 Å². The van der Waals surface area contributed by atoms with E-state index in [0.717, 1.165) is 45.2 Å². The quantitative estimate of drug-likeness (QED) is 0.728. The number of hydrogen-bond acceptors (Lipinski definition) is 6. The Morgan fingerprint density at radius 1 is 1.26 bits per heavy atom. The molecule has 106 valence electrons. The maximum atomic E-state index is 8.94. The number of aliphatic hydroxyl groups excluding tert-OH is 1. The molecule has 0 aromatic carbocycles. The van der Waals surface area contributed by atoms with Crippen molar-refractivity contribution in [3.63, 3.8) is 0 Å². The van der Waals surface area contributed by atoms with Crippen molar-refractivity contribution >= 4 is 5.95 Å². The van der Waals surface area contributed by atoms with Gasteiger partial charge in [-0.2, -0.15) is 0 Å². The molecule has 6 nitrogen and oxygen atoms in total. The summed E-state index contributed by atoms with van der Waals surface area (Å²) < 4.78 is 0. The lowest BCUT2D eigenvalue weighted by Crippen LogP contribution is -2.49. The minimum Gasteiger partial charge on any atom is -0.395 e. The second-order valence-corrected chi connectivity index (χ2v) is 4.92. The zero-order chi connectivity index (χ0) is 13.5. The fourth-order valence-corrected chi connectivity index (χ4v) is 2.16. The number of aromatic nitrogens is 2. The molecule has 1 aromatic heterocycles. The monoisotopic (exact) mass is 265 g/mol. The molecular formula is C13H23N5O. The van der Waals surface area contributed by atoms with E-state index in [9.17, 15) is 0 Å². The zero-order valence-corrected chi connectivity index (χ0v) is 11.5. The fourth-order valence-electron chi connectivity index (χ4n) is 2.16. The van der Waals surface area contributed by atoms with Crippen molar-refractivity contribution in [2.75, 3.05) is 50.8 Å². The van der Waals surface area contributed by atoms with Gasteiger partial charge < -0.3 is 15.3 Å². The Morgan fingerprint density at radius 3 is 2.58 bits per heavy atom. The summed E-state index contributed by atoms with van der Waals surface area (Å²) in [5, 5.41) is 12.2. The smallest absolute Gasteiger partial charge is 0.225 e. The number of hydrogen-bond donors (Lipinski definition) is 2. The molecule has 1 fully saturated rings. The highest BCUT2D eigenvalue weighted by Gasteiger charge is 2.18. The number of anilines is 1. The van der Waals surface area contributed by atoms with Crippen LogP contribution in [0.3, 0.4) is 0 Å². The lowest BCUT2D eigenvalue weighted by atomic mass is 10.3. The van der Waals surface area contributed by atoms with Crippen molar-refractivity contribution in [3.8, 4) is 0 Å². The Labute approximate surface area is 114 Å². The minimum atomic E-state index is 0.180. The van der Waals surface area contributed by atoms with Crippen LogP contribution in [0.25, 0.3) is 0 Å². The molecule has 1 saturated heterocycles. The van der Waals surface area contributed by atoms with Crippen LogP contribution in [0.2, 0.25) is 0 Å². The van der Waals surface area contributed by atoms with E-state index in [1.165, 1.54) is 0 Å². The summed E-state index contributed by atoms with van der Waals surface area (Å²) in [6.45, 7) is 8.14. The minimum absolute atomic E-state index is 0.180. The van der Waals surface area contributed by atoms with Gasteiger partial charge >= 0.3 is 0 Å². The normalized spacial score (nSPS) is 18.5. The predicted molar refractivity (Wildman–Crippen MR) is 75.2 cm³/mol. The van der Waals surface area contributed by atoms with Gasteiger partial charge in [0.15, 0.2) is 0 Å². The Balaban J connectivity index is 1.68. The Kier molecular flexibility index (Phi) is 5.50. The fraction of sp³-hybridized carbons (Fsp3) is 0.692. The summed E-state index contributed by atoms with van der Waals surface area (Å²) in [5.41, 5.74) is 0. The third-order valence-electron chi connectivity index (χ3n) is 3.40. The van der Waals surface area contributed by atoms with Gasteiger partial charge in [0.1, 0.15) is 0 Å². The predicted octanol–water partition coefficient (Wildman–Crippen LogP) is -0.431. The highest BCUT2D eigenvalue weighted by Crippen LogP contribution is 2.08. The van der Waals surface area contributed by atoms with Gasteiger partial charge in [-0.25, -0.2) is 9.97 Å². The van der Waals surface area contributed by atoms with Crippen molar-refractivity contribution in [1.29, 1.82) is 0 Å². The van der Waals surface area contributed by atoms with Gasteiger partial charge in [0.05, 0.1) is 6.61 Å². The molecule has 1 aliphatic heterocycles. The van der Waals surface area contributed by atoms with E-state index in [-0.39, 0.29) is 12.6 Å². The Morgan fingerprint density at radius 2 is 1.95 bits per heavy atom. The molecule has 0 saturated carbocycles. The van der Waals surface area contributed by atoms with E-state index in [0.29, 0.717) is 0 Å². The molecule has 1 unspecified atom stereocenters. The first kappa shape index (κ1) is 14.2. The van der Waals surface area contributed by atoms with Gasteiger partial charge in [0.25, 0.3) is 0 Å². The molecule has 2 N–H and O–H groups in total. The summed E-state index contributed by atoms with van der Waals surface area (Å²) in [6, 6.07) is 2.02.